The smallest absolute Gasteiger partial charge is 0.0400 e. The molecule has 2 aromatic carbocycles. The van der Waals surface area contributed by atoms with Crippen LogP contribution in [0.15, 0.2) is 42.5 Å². The first-order valence-corrected chi connectivity index (χ1v) is 7.79. The lowest BCUT2D eigenvalue weighted by Gasteiger charge is -2.21. The molecule has 0 fully saturated rings. The monoisotopic (exact) mass is 282 g/mol. The number of aryl methyl sites for hydroxylation is 2. The number of anilines is 2. The maximum atomic E-state index is 3.52. The number of nitrogens with zero attached hydrogens (tertiary/aromatic N) is 1. The minimum atomic E-state index is 0.864. The summed E-state index contributed by atoms with van der Waals surface area (Å²) in [5, 5.41) is 3.52. The van der Waals surface area contributed by atoms with E-state index >= 15 is 0 Å². The summed E-state index contributed by atoms with van der Waals surface area (Å²) in [5.74, 6) is 0. The second-order valence-electron chi connectivity index (χ2n) is 5.51. The molecular weight excluding hydrogens is 256 g/mol. The first-order valence-electron chi connectivity index (χ1n) is 7.79. The Hall–Kier alpha value is -1.96. The van der Waals surface area contributed by atoms with E-state index in [9.17, 15) is 0 Å². The van der Waals surface area contributed by atoms with E-state index in [1.165, 1.54) is 28.1 Å². The molecule has 2 rings (SSSR count). The van der Waals surface area contributed by atoms with E-state index in [1.807, 2.05) is 0 Å². The molecule has 0 aliphatic rings. The van der Waals surface area contributed by atoms with Crippen LogP contribution in [0.5, 0.6) is 0 Å². The van der Waals surface area contributed by atoms with Crippen molar-refractivity contribution in [1.29, 1.82) is 0 Å². The molecule has 0 heterocycles. The van der Waals surface area contributed by atoms with Gasteiger partial charge in [0.15, 0.2) is 0 Å². The van der Waals surface area contributed by atoms with Crippen molar-refractivity contribution in [3.63, 3.8) is 0 Å². The normalized spacial score (nSPS) is 10.5. The second-order valence-corrected chi connectivity index (χ2v) is 5.51. The van der Waals surface area contributed by atoms with Crippen LogP contribution in [0.25, 0.3) is 0 Å². The van der Waals surface area contributed by atoms with E-state index in [0.29, 0.717) is 0 Å². The van der Waals surface area contributed by atoms with E-state index in [-0.39, 0.29) is 0 Å². The summed E-state index contributed by atoms with van der Waals surface area (Å²) in [6.07, 6.45) is 0. The molecule has 0 radical (unpaired) electrons. The molecule has 0 saturated heterocycles. The standard InChI is InChI=1S/C19H26N2/c1-5-21(6-2)18-10-8-17(9-11-18)14-20-19-12-7-15(3)13-16(19)4/h7-13,20H,5-6,14H2,1-4H3. The van der Waals surface area contributed by atoms with Crippen LogP contribution in [0.3, 0.4) is 0 Å². The summed E-state index contributed by atoms with van der Waals surface area (Å²) in [6, 6.07) is 15.4. The number of hydrogen-bond donors (Lipinski definition) is 1. The number of benzene rings is 2. The predicted molar refractivity (Wildman–Crippen MR) is 93.2 cm³/mol. The molecule has 0 spiro atoms. The topological polar surface area (TPSA) is 15.3 Å². The van der Waals surface area contributed by atoms with E-state index < -0.39 is 0 Å². The van der Waals surface area contributed by atoms with Gasteiger partial charge in [-0.15, -0.1) is 0 Å². The lowest BCUT2D eigenvalue weighted by molar-refractivity contribution is 0.865. The van der Waals surface area contributed by atoms with Crippen molar-refractivity contribution in [1.82, 2.24) is 0 Å². The molecule has 0 aliphatic carbocycles. The molecule has 2 nitrogen and oxygen atoms in total. The highest BCUT2D eigenvalue weighted by atomic mass is 15.1. The average Bonchev–Trinajstić information content (AvgIpc) is 2.49. The molecular formula is C19H26N2. The Morgan fingerprint density at radius 1 is 0.905 bits per heavy atom. The van der Waals surface area contributed by atoms with Crippen molar-refractivity contribution in [3.8, 4) is 0 Å². The summed E-state index contributed by atoms with van der Waals surface area (Å²) in [6.45, 7) is 11.6. The Labute approximate surface area is 128 Å². The van der Waals surface area contributed by atoms with Crippen molar-refractivity contribution in [2.24, 2.45) is 0 Å². The zero-order valence-corrected chi connectivity index (χ0v) is 13.6. The highest BCUT2D eigenvalue weighted by Crippen LogP contribution is 2.19. The van der Waals surface area contributed by atoms with Gasteiger partial charge < -0.3 is 10.2 Å². The van der Waals surface area contributed by atoms with Crippen LogP contribution in [0.4, 0.5) is 11.4 Å². The Morgan fingerprint density at radius 2 is 1.57 bits per heavy atom. The van der Waals surface area contributed by atoms with Crippen molar-refractivity contribution in [2.45, 2.75) is 34.2 Å². The van der Waals surface area contributed by atoms with Crippen molar-refractivity contribution >= 4 is 11.4 Å². The van der Waals surface area contributed by atoms with Gasteiger partial charge in [-0.3, -0.25) is 0 Å². The maximum Gasteiger partial charge on any atom is 0.0400 e. The molecule has 0 atom stereocenters. The molecule has 1 N–H and O–H groups in total. The lowest BCUT2D eigenvalue weighted by Crippen LogP contribution is -2.21. The summed E-state index contributed by atoms with van der Waals surface area (Å²) in [4.78, 5) is 2.36. The third-order valence-corrected chi connectivity index (χ3v) is 3.93. The molecule has 21 heavy (non-hydrogen) atoms. The van der Waals surface area contributed by atoms with Crippen LogP contribution in [0, 0.1) is 13.8 Å². The average molecular weight is 282 g/mol. The Balaban J connectivity index is 2.00. The quantitative estimate of drug-likeness (QED) is 0.821. The van der Waals surface area contributed by atoms with Gasteiger partial charge >= 0.3 is 0 Å². The van der Waals surface area contributed by atoms with E-state index in [0.717, 1.165) is 19.6 Å². The van der Waals surface area contributed by atoms with Gasteiger partial charge in [0, 0.05) is 31.0 Å². The molecule has 0 amide bonds. The predicted octanol–water partition coefficient (Wildman–Crippen LogP) is 4.76. The molecule has 0 saturated carbocycles. The molecule has 0 aromatic heterocycles. The van der Waals surface area contributed by atoms with Crippen molar-refractivity contribution < 1.29 is 0 Å². The summed E-state index contributed by atoms with van der Waals surface area (Å²) in [5.41, 5.74) is 6.44. The fourth-order valence-corrected chi connectivity index (χ4v) is 2.62. The van der Waals surface area contributed by atoms with Gasteiger partial charge in [0.2, 0.25) is 0 Å². The lowest BCUT2D eigenvalue weighted by atomic mass is 10.1. The number of hydrogen-bond acceptors (Lipinski definition) is 2. The van der Waals surface area contributed by atoms with Crippen LogP contribution in [0.1, 0.15) is 30.5 Å². The molecule has 112 valence electrons. The van der Waals surface area contributed by atoms with Crippen LogP contribution < -0.4 is 10.2 Å². The molecule has 2 aromatic rings. The van der Waals surface area contributed by atoms with Crippen LogP contribution in [-0.4, -0.2) is 13.1 Å². The van der Waals surface area contributed by atoms with E-state index in [2.05, 4.69) is 80.4 Å². The van der Waals surface area contributed by atoms with Gasteiger partial charge in [0.05, 0.1) is 0 Å². The van der Waals surface area contributed by atoms with E-state index in [1.54, 1.807) is 0 Å². The fourth-order valence-electron chi connectivity index (χ4n) is 2.62. The summed E-state index contributed by atoms with van der Waals surface area (Å²) in [7, 11) is 0. The number of rotatable bonds is 6. The Bertz CT molecular complexity index is 569. The minimum Gasteiger partial charge on any atom is -0.381 e. The van der Waals surface area contributed by atoms with Crippen LogP contribution >= 0.6 is 0 Å². The highest BCUT2D eigenvalue weighted by Gasteiger charge is 2.02. The van der Waals surface area contributed by atoms with Gasteiger partial charge in [-0.25, -0.2) is 0 Å². The maximum absolute atomic E-state index is 3.52. The zero-order chi connectivity index (χ0) is 15.2. The van der Waals surface area contributed by atoms with Gasteiger partial charge in [-0.1, -0.05) is 29.8 Å². The number of nitrogens with one attached hydrogen (secondary N) is 1. The Kier molecular flexibility index (Phi) is 5.26. The van der Waals surface area contributed by atoms with Gasteiger partial charge in [0.25, 0.3) is 0 Å². The van der Waals surface area contributed by atoms with Crippen molar-refractivity contribution in [2.75, 3.05) is 23.3 Å². The van der Waals surface area contributed by atoms with Crippen LogP contribution in [-0.2, 0) is 6.54 Å². The fraction of sp³-hybridized carbons (Fsp3) is 0.368. The summed E-state index contributed by atoms with van der Waals surface area (Å²) < 4.78 is 0. The minimum absolute atomic E-state index is 0.864. The van der Waals surface area contributed by atoms with E-state index in [4.69, 9.17) is 0 Å². The summed E-state index contributed by atoms with van der Waals surface area (Å²) >= 11 is 0. The third-order valence-electron chi connectivity index (χ3n) is 3.93. The van der Waals surface area contributed by atoms with Gasteiger partial charge in [0.1, 0.15) is 0 Å². The molecule has 0 aliphatic heterocycles. The van der Waals surface area contributed by atoms with Gasteiger partial charge in [-0.05, 0) is 57.0 Å². The van der Waals surface area contributed by atoms with Gasteiger partial charge in [-0.2, -0.15) is 0 Å². The Morgan fingerprint density at radius 3 is 2.14 bits per heavy atom. The van der Waals surface area contributed by atoms with Crippen molar-refractivity contribution in [3.05, 3.63) is 59.2 Å². The second kappa shape index (κ2) is 7.16. The SMILES string of the molecule is CCN(CC)c1ccc(CNc2ccc(C)cc2C)cc1. The first kappa shape index (κ1) is 15.4. The molecule has 0 bridgehead atoms. The molecule has 0 unspecified atom stereocenters. The third kappa shape index (κ3) is 4.01. The van der Waals surface area contributed by atoms with Crippen LogP contribution in [0.2, 0.25) is 0 Å². The molecule has 2 heteroatoms. The zero-order valence-electron chi connectivity index (χ0n) is 13.6. The first-order chi connectivity index (χ1) is 10.1. The largest absolute Gasteiger partial charge is 0.381 e. The highest BCUT2D eigenvalue weighted by molar-refractivity contribution is 5.53.